The minimum Gasteiger partial charge on any atom is -0.366 e. The van der Waals surface area contributed by atoms with Crippen LogP contribution in [0.4, 0.5) is 11.4 Å². The van der Waals surface area contributed by atoms with E-state index < -0.39 is 5.91 Å². The highest BCUT2D eigenvalue weighted by Gasteiger charge is 2.42. The summed E-state index contributed by atoms with van der Waals surface area (Å²) in [5.41, 5.74) is 10.9. The van der Waals surface area contributed by atoms with E-state index in [-0.39, 0.29) is 24.5 Å². The van der Waals surface area contributed by atoms with Crippen molar-refractivity contribution in [2.75, 3.05) is 23.8 Å². The summed E-state index contributed by atoms with van der Waals surface area (Å²) in [4.78, 5) is 42.0. The third-order valence-electron chi connectivity index (χ3n) is 7.16. The number of nitrogens with zero attached hydrogens (tertiary/aromatic N) is 3. The molecule has 180 valence electrons. The van der Waals surface area contributed by atoms with Gasteiger partial charge in [0.2, 0.25) is 11.8 Å². The fraction of sp³-hybridized carbons (Fsp3) is 0.179. The molecule has 3 amide bonds. The Kier molecular flexibility index (Phi) is 5.03. The molecule has 0 fully saturated rings. The molecule has 2 aliphatic rings. The first-order valence-corrected chi connectivity index (χ1v) is 11.9. The molecule has 0 bridgehead atoms. The predicted molar refractivity (Wildman–Crippen MR) is 138 cm³/mol. The van der Waals surface area contributed by atoms with Gasteiger partial charge in [0.25, 0.3) is 5.91 Å². The lowest BCUT2D eigenvalue weighted by molar-refractivity contribution is -0.116. The van der Waals surface area contributed by atoms with Crippen molar-refractivity contribution < 1.29 is 14.4 Å². The smallest absolute Gasteiger partial charge is 0.257 e. The third kappa shape index (κ3) is 3.33. The van der Waals surface area contributed by atoms with Gasteiger partial charge in [0.1, 0.15) is 12.7 Å². The van der Waals surface area contributed by atoms with Crippen LogP contribution in [0.15, 0.2) is 72.8 Å². The average Bonchev–Trinajstić information content (AvgIpc) is 3.20. The second-order valence-corrected chi connectivity index (χ2v) is 9.21. The number of hydrogen-bond donors (Lipinski definition) is 2. The van der Waals surface area contributed by atoms with E-state index in [1.807, 2.05) is 59.0 Å². The predicted octanol–water partition coefficient (Wildman–Crippen LogP) is 3.53. The number of fused-ring (bicyclic) bond motifs is 6. The van der Waals surface area contributed by atoms with Gasteiger partial charge in [0.15, 0.2) is 0 Å². The van der Waals surface area contributed by atoms with Gasteiger partial charge in [-0.2, -0.15) is 0 Å². The summed E-state index contributed by atoms with van der Waals surface area (Å²) < 4.78 is 2.03. The van der Waals surface area contributed by atoms with Crippen LogP contribution in [0.25, 0.3) is 10.9 Å². The lowest BCUT2D eigenvalue weighted by atomic mass is 9.96. The third-order valence-corrected chi connectivity index (χ3v) is 7.16. The van der Waals surface area contributed by atoms with Crippen molar-refractivity contribution >= 4 is 40.0 Å². The molecule has 1 aromatic heterocycles. The highest BCUT2D eigenvalue weighted by atomic mass is 16.2. The van der Waals surface area contributed by atoms with Gasteiger partial charge >= 0.3 is 0 Å². The molecular formula is C28H25N5O3. The first-order valence-electron chi connectivity index (χ1n) is 11.9. The summed E-state index contributed by atoms with van der Waals surface area (Å²) in [5, 5.41) is 4.02. The Balaban J connectivity index is 1.41. The number of rotatable bonds is 4. The highest BCUT2D eigenvalue weighted by molar-refractivity contribution is 6.03. The Morgan fingerprint density at radius 3 is 2.50 bits per heavy atom. The van der Waals surface area contributed by atoms with E-state index in [4.69, 9.17) is 5.73 Å². The van der Waals surface area contributed by atoms with E-state index in [0.717, 1.165) is 28.7 Å². The summed E-state index contributed by atoms with van der Waals surface area (Å²) in [6.45, 7) is 0.697. The first kappa shape index (κ1) is 21.9. The number of nitrogens with two attached hydrogens (primary N) is 1. The second kappa shape index (κ2) is 8.27. The molecule has 3 N–H and O–H groups in total. The molecule has 8 heteroatoms. The largest absolute Gasteiger partial charge is 0.366 e. The lowest BCUT2D eigenvalue weighted by Gasteiger charge is -2.46. The maximum absolute atomic E-state index is 13.4. The maximum Gasteiger partial charge on any atom is 0.257 e. The van der Waals surface area contributed by atoms with Gasteiger partial charge in [-0.15, -0.1) is 0 Å². The molecule has 3 aromatic carbocycles. The molecule has 0 saturated heterocycles. The van der Waals surface area contributed by atoms with Gasteiger partial charge in [-0.1, -0.05) is 30.3 Å². The van der Waals surface area contributed by atoms with Crippen LogP contribution in [0.5, 0.6) is 0 Å². The van der Waals surface area contributed by atoms with Crippen molar-refractivity contribution in [1.29, 1.82) is 0 Å². The molecule has 0 unspecified atom stereocenters. The Labute approximate surface area is 207 Å². The van der Waals surface area contributed by atoms with Crippen LogP contribution in [0.2, 0.25) is 0 Å². The van der Waals surface area contributed by atoms with Crippen LogP contribution in [-0.4, -0.2) is 40.8 Å². The van der Waals surface area contributed by atoms with Gasteiger partial charge in [-0.3, -0.25) is 14.4 Å². The normalized spacial score (nSPS) is 16.4. The maximum atomic E-state index is 13.4. The summed E-state index contributed by atoms with van der Waals surface area (Å²) >= 11 is 0. The Bertz CT molecular complexity index is 1540. The van der Waals surface area contributed by atoms with Gasteiger partial charge in [0, 0.05) is 35.7 Å². The SMILES string of the molecule is CN1c2ccccc2C(=O)N2CCc3c(n(CC(=O)Nc4ccc(C(N)=O)cc4)c4ccccc34)[C@@H]21. The molecule has 36 heavy (non-hydrogen) atoms. The fourth-order valence-electron chi connectivity index (χ4n) is 5.54. The Morgan fingerprint density at radius 2 is 1.72 bits per heavy atom. The highest BCUT2D eigenvalue weighted by Crippen LogP contribution is 2.44. The lowest BCUT2D eigenvalue weighted by Crippen LogP contribution is -2.51. The van der Waals surface area contributed by atoms with E-state index in [1.54, 1.807) is 24.3 Å². The van der Waals surface area contributed by atoms with Crippen molar-refractivity contribution in [3.63, 3.8) is 0 Å². The van der Waals surface area contributed by atoms with Crippen LogP contribution in [0, 0.1) is 0 Å². The number of amides is 3. The molecule has 0 saturated carbocycles. The number of anilines is 2. The number of para-hydroxylation sites is 2. The van der Waals surface area contributed by atoms with E-state index in [1.165, 1.54) is 5.56 Å². The molecule has 8 nitrogen and oxygen atoms in total. The summed E-state index contributed by atoms with van der Waals surface area (Å²) in [6.07, 6.45) is 0.406. The molecule has 4 aromatic rings. The van der Waals surface area contributed by atoms with Crippen LogP contribution >= 0.6 is 0 Å². The number of nitrogens with one attached hydrogen (secondary N) is 1. The molecule has 0 aliphatic carbocycles. The molecule has 2 aliphatic heterocycles. The average molecular weight is 480 g/mol. The van der Waals surface area contributed by atoms with Gasteiger partial charge in [-0.05, 0) is 54.4 Å². The summed E-state index contributed by atoms with van der Waals surface area (Å²) in [7, 11) is 2.00. The molecule has 1 atom stereocenters. The topological polar surface area (TPSA) is 101 Å². The number of benzene rings is 3. The zero-order valence-corrected chi connectivity index (χ0v) is 19.8. The second-order valence-electron chi connectivity index (χ2n) is 9.21. The molecule has 0 radical (unpaired) electrons. The van der Waals surface area contributed by atoms with Crippen molar-refractivity contribution in [3.05, 3.63) is 95.2 Å². The fourth-order valence-corrected chi connectivity index (χ4v) is 5.54. The van der Waals surface area contributed by atoms with Crippen molar-refractivity contribution in [2.24, 2.45) is 5.73 Å². The van der Waals surface area contributed by atoms with Crippen molar-refractivity contribution in [3.8, 4) is 0 Å². The zero-order valence-electron chi connectivity index (χ0n) is 19.8. The summed E-state index contributed by atoms with van der Waals surface area (Å²) in [6, 6.07) is 22.2. The van der Waals surface area contributed by atoms with Crippen molar-refractivity contribution in [1.82, 2.24) is 9.47 Å². The van der Waals surface area contributed by atoms with Crippen LogP contribution in [0.3, 0.4) is 0 Å². The van der Waals surface area contributed by atoms with Crippen molar-refractivity contribution in [2.45, 2.75) is 19.1 Å². The van der Waals surface area contributed by atoms with Crippen LogP contribution in [0.1, 0.15) is 38.1 Å². The number of carbonyl (C=O) groups is 3. The minimum atomic E-state index is -0.518. The first-order chi connectivity index (χ1) is 17.4. The van der Waals surface area contributed by atoms with E-state index in [9.17, 15) is 14.4 Å². The van der Waals surface area contributed by atoms with Crippen LogP contribution in [-0.2, 0) is 17.8 Å². The van der Waals surface area contributed by atoms with Gasteiger partial charge in [-0.25, -0.2) is 0 Å². The number of hydrogen-bond acceptors (Lipinski definition) is 4. The minimum absolute atomic E-state index is 0.00940. The quantitative estimate of drug-likeness (QED) is 0.468. The van der Waals surface area contributed by atoms with E-state index >= 15 is 0 Å². The zero-order chi connectivity index (χ0) is 25.0. The standard InChI is InChI=1S/C28H25N5O3/c1-31-22-8-4-3-7-21(22)28(36)32-15-14-20-19-6-2-5-9-23(19)33(25(20)27(31)32)16-24(34)30-18-12-10-17(11-13-18)26(29)35/h2-13,27H,14-16H2,1H3,(H2,29,35)(H,30,34)/t27-/m1/s1. The Hall–Kier alpha value is -4.59. The summed E-state index contributed by atoms with van der Waals surface area (Å²) in [5.74, 6) is -0.710. The molecular weight excluding hydrogens is 454 g/mol. The van der Waals surface area contributed by atoms with E-state index in [2.05, 4.69) is 16.3 Å². The van der Waals surface area contributed by atoms with Crippen LogP contribution < -0.4 is 16.0 Å². The molecule has 3 heterocycles. The molecule has 0 spiro atoms. The number of carbonyl (C=O) groups excluding carboxylic acids is 3. The van der Waals surface area contributed by atoms with Gasteiger partial charge < -0.3 is 25.4 Å². The van der Waals surface area contributed by atoms with E-state index in [0.29, 0.717) is 23.4 Å². The number of primary amides is 1. The monoisotopic (exact) mass is 479 g/mol. The molecule has 6 rings (SSSR count). The van der Waals surface area contributed by atoms with Gasteiger partial charge in [0.05, 0.1) is 16.9 Å². The number of aromatic nitrogens is 1. The Morgan fingerprint density at radius 1 is 1.00 bits per heavy atom.